The Kier molecular flexibility index (Phi) is 8.85. The third-order valence-corrected chi connectivity index (χ3v) is 3.71. The Morgan fingerprint density at radius 1 is 1.11 bits per heavy atom. The smallest absolute Gasteiger partial charge is 0.410 e. The number of carbonyl (C=O) groups is 2. The molecule has 1 aromatic carbocycles. The van der Waals surface area contributed by atoms with Crippen LogP contribution in [0, 0.1) is 0 Å². The minimum Gasteiger partial charge on any atom is -0.503 e. The van der Waals surface area contributed by atoms with Gasteiger partial charge >= 0.3 is 12.1 Å². The van der Waals surface area contributed by atoms with E-state index >= 15 is 0 Å². The largest absolute Gasteiger partial charge is 0.503 e. The number of nitrogens with zero attached hydrogens (tertiary/aromatic N) is 1. The Labute approximate surface area is 162 Å². The maximum Gasteiger partial charge on any atom is 0.410 e. The summed E-state index contributed by atoms with van der Waals surface area (Å²) in [4.78, 5) is 26.0. The lowest BCUT2D eigenvalue weighted by atomic mass is 10.0. The SMILES string of the molecule is CCCCN(Cc1ccc(/C(=C/OC)C(=O)OC)cc1)C(=O)OC(C)(C)C. The lowest BCUT2D eigenvalue weighted by Crippen LogP contribution is -2.37. The standard InChI is InChI=1S/C21H31NO5/c1-7-8-13-22(20(24)27-21(2,3)4)14-16-9-11-17(12-10-16)18(15-25-5)19(23)26-6/h9-12,15H,7-8,13-14H2,1-6H3/b18-15-. The summed E-state index contributed by atoms with van der Waals surface area (Å²) in [7, 11) is 2.80. The fourth-order valence-corrected chi connectivity index (χ4v) is 2.38. The van der Waals surface area contributed by atoms with Gasteiger partial charge in [-0.2, -0.15) is 0 Å². The third kappa shape index (κ3) is 7.72. The van der Waals surface area contributed by atoms with Crippen molar-refractivity contribution in [3.8, 4) is 0 Å². The molecule has 0 aliphatic carbocycles. The van der Waals surface area contributed by atoms with E-state index in [4.69, 9.17) is 14.2 Å². The Morgan fingerprint density at radius 2 is 1.74 bits per heavy atom. The first kappa shape index (κ1) is 22.5. The number of benzene rings is 1. The van der Waals surface area contributed by atoms with Crippen molar-refractivity contribution in [2.24, 2.45) is 0 Å². The molecule has 0 fully saturated rings. The Morgan fingerprint density at radius 3 is 2.22 bits per heavy atom. The molecule has 0 unspecified atom stereocenters. The highest BCUT2D eigenvalue weighted by Crippen LogP contribution is 2.19. The minimum absolute atomic E-state index is 0.324. The van der Waals surface area contributed by atoms with Gasteiger partial charge in [0.1, 0.15) is 11.2 Å². The molecule has 0 saturated carbocycles. The van der Waals surface area contributed by atoms with Crippen molar-refractivity contribution in [2.75, 3.05) is 20.8 Å². The minimum atomic E-state index is -0.536. The molecule has 0 aromatic heterocycles. The fraction of sp³-hybridized carbons (Fsp3) is 0.524. The molecule has 27 heavy (non-hydrogen) atoms. The summed E-state index contributed by atoms with van der Waals surface area (Å²) in [5.41, 5.74) is 1.43. The van der Waals surface area contributed by atoms with E-state index in [1.165, 1.54) is 20.5 Å². The van der Waals surface area contributed by atoms with Gasteiger partial charge in [0.25, 0.3) is 0 Å². The van der Waals surface area contributed by atoms with Crippen LogP contribution in [0.3, 0.4) is 0 Å². The Balaban J connectivity index is 2.95. The van der Waals surface area contributed by atoms with Crippen molar-refractivity contribution in [1.82, 2.24) is 4.90 Å². The van der Waals surface area contributed by atoms with Crippen LogP contribution >= 0.6 is 0 Å². The number of rotatable bonds is 8. The quantitative estimate of drug-likeness (QED) is 0.382. The summed E-state index contributed by atoms with van der Waals surface area (Å²) in [6.45, 7) is 8.72. The van der Waals surface area contributed by atoms with Gasteiger partial charge in [0.05, 0.1) is 20.5 Å². The van der Waals surface area contributed by atoms with Crippen molar-refractivity contribution >= 4 is 17.6 Å². The van der Waals surface area contributed by atoms with Crippen LogP contribution in [0.4, 0.5) is 4.79 Å². The summed E-state index contributed by atoms with van der Waals surface area (Å²) in [6.07, 6.45) is 2.92. The fourth-order valence-electron chi connectivity index (χ4n) is 2.38. The topological polar surface area (TPSA) is 65.1 Å². The van der Waals surface area contributed by atoms with Gasteiger partial charge in [0.15, 0.2) is 0 Å². The van der Waals surface area contributed by atoms with Crippen molar-refractivity contribution in [3.05, 3.63) is 41.7 Å². The second-order valence-corrected chi connectivity index (χ2v) is 7.21. The third-order valence-electron chi connectivity index (χ3n) is 3.71. The van der Waals surface area contributed by atoms with Crippen LogP contribution in [-0.4, -0.2) is 43.3 Å². The van der Waals surface area contributed by atoms with Crippen LogP contribution in [0.15, 0.2) is 30.5 Å². The van der Waals surface area contributed by atoms with Crippen molar-refractivity contribution < 1.29 is 23.8 Å². The molecule has 0 aliphatic rings. The van der Waals surface area contributed by atoms with E-state index in [-0.39, 0.29) is 6.09 Å². The van der Waals surface area contributed by atoms with Crippen LogP contribution in [0.25, 0.3) is 5.57 Å². The normalized spacial score (nSPS) is 11.7. The summed E-state index contributed by atoms with van der Waals surface area (Å²) >= 11 is 0. The first-order chi connectivity index (χ1) is 12.7. The van der Waals surface area contributed by atoms with Crippen molar-refractivity contribution in [3.63, 3.8) is 0 Å². The van der Waals surface area contributed by atoms with Gasteiger partial charge in [0, 0.05) is 13.1 Å². The Hall–Kier alpha value is -2.50. The maximum atomic E-state index is 12.5. The van der Waals surface area contributed by atoms with Gasteiger partial charge in [-0.3, -0.25) is 0 Å². The average Bonchev–Trinajstić information content (AvgIpc) is 2.61. The van der Waals surface area contributed by atoms with Crippen molar-refractivity contribution in [1.29, 1.82) is 0 Å². The molecule has 0 spiro atoms. The van der Waals surface area contributed by atoms with E-state index in [2.05, 4.69) is 6.92 Å². The van der Waals surface area contributed by atoms with Crippen LogP contribution in [0.5, 0.6) is 0 Å². The second kappa shape index (κ2) is 10.6. The Bertz CT molecular complexity index is 644. The lowest BCUT2D eigenvalue weighted by molar-refractivity contribution is -0.133. The zero-order valence-electron chi connectivity index (χ0n) is 17.2. The van der Waals surface area contributed by atoms with E-state index in [0.29, 0.717) is 24.2 Å². The lowest BCUT2D eigenvalue weighted by Gasteiger charge is -2.27. The molecule has 6 nitrogen and oxygen atoms in total. The van der Waals surface area contributed by atoms with Gasteiger partial charge in [-0.25, -0.2) is 9.59 Å². The number of hydrogen-bond acceptors (Lipinski definition) is 5. The molecule has 150 valence electrons. The maximum absolute atomic E-state index is 12.5. The van der Waals surface area contributed by atoms with Crippen LogP contribution in [0.1, 0.15) is 51.7 Å². The van der Waals surface area contributed by atoms with E-state index < -0.39 is 11.6 Å². The predicted molar refractivity (Wildman–Crippen MR) is 105 cm³/mol. The first-order valence-corrected chi connectivity index (χ1v) is 9.10. The van der Waals surface area contributed by atoms with Crippen molar-refractivity contribution in [2.45, 2.75) is 52.7 Å². The zero-order valence-corrected chi connectivity index (χ0v) is 17.2. The molecule has 0 atom stereocenters. The summed E-state index contributed by atoms with van der Waals surface area (Å²) in [5.74, 6) is -0.470. The van der Waals surface area contributed by atoms with E-state index in [1.54, 1.807) is 4.90 Å². The zero-order chi connectivity index (χ0) is 20.4. The number of methoxy groups -OCH3 is 2. The van der Waals surface area contributed by atoms with Gasteiger partial charge < -0.3 is 19.1 Å². The molecule has 0 saturated heterocycles. The number of carbonyl (C=O) groups excluding carboxylic acids is 2. The molecule has 0 aliphatic heterocycles. The van der Waals surface area contributed by atoms with Crippen LogP contribution < -0.4 is 0 Å². The molecule has 0 bridgehead atoms. The van der Waals surface area contributed by atoms with Gasteiger partial charge in [0.2, 0.25) is 0 Å². The summed E-state index contributed by atoms with van der Waals surface area (Å²) in [5, 5.41) is 0. The predicted octanol–water partition coefficient (Wildman–Crippen LogP) is 4.38. The molecule has 0 N–H and O–H groups in total. The van der Waals surface area contributed by atoms with Gasteiger partial charge in [-0.1, -0.05) is 37.6 Å². The number of hydrogen-bond donors (Lipinski definition) is 0. The molecule has 0 radical (unpaired) electrons. The molecular formula is C21H31NO5. The second-order valence-electron chi connectivity index (χ2n) is 7.21. The number of ether oxygens (including phenoxy) is 3. The highest BCUT2D eigenvalue weighted by Gasteiger charge is 2.22. The highest BCUT2D eigenvalue weighted by atomic mass is 16.6. The number of esters is 1. The van der Waals surface area contributed by atoms with E-state index in [0.717, 1.165) is 18.4 Å². The molecule has 0 heterocycles. The molecule has 1 aromatic rings. The van der Waals surface area contributed by atoms with Gasteiger partial charge in [-0.15, -0.1) is 0 Å². The molecule has 6 heteroatoms. The summed E-state index contributed by atoms with van der Waals surface area (Å²) in [6, 6.07) is 7.38. The van der Waals surface area contributed by atoms with Crippen LogP contribution in [-0.2, 0) is 25.5 Å². The average molecular weight is 377 g/mol. The molecular weight excluding hydrogens is 346 g/mol. The first-order valence-electron chi connectivity index (χ1n) is 9.10. The molecule has 1 rings (SSSR count). The van der Waals surface area contributed by atoms with Gasteiger partial charge in [-0.05, 0) is 38.3 Å². The summed E-state index contributed by atoms with van der Waals surface area (Å²) < 4.78 is 15.3. The molecule has 1 amide bonds. The number of unbranched alkanes of at least 4 members (excludes halogenated alkanes) is 1. The number of amides is 1. The highest BCUT2D eigenvalue weighted by molar-refractivity contribution is 6.16. The van der Waals surface area contributed by atoms with E-state index in [1.807, 2.05) is 45.0 Å². The van der Waals surface area contributed by atoms with Crippen LogP contribution in [0.2, 0.25) is 0 Å². The monoisotopic (exact) mass is 377 g/mol. The van der Waals surface area contributed by atoms with E-state index in [9.17, 15) is 9.59 Å².